The van der Waals surface area contributed by atoms with Crippen molar-refractivity contribution in [1.82, 2.24) is 4.98 Å². The van der Waals surface area contributed by atoms with Crippen molar-refractivity contribution in [2.45, 2.75) is 20.0 Å². The Hall–Kier alpha value is -1.81. The van der Waals surface area contributed by atoms with Crippen LogP contribution in [0.2, 0.25) is 0 Å². The smallest absolute Gasteiger partial charge is 0.0951 e. The maximum Gasteiger partial charge on any atom is 0.0951 e. The molecule has 0 saturated heterocycles. The molecule has 0 unspecified atom stereocenters. The average molecular weight is 245 g/mol. The molecular weight excluding hydrogens is 226 g/mol. The molecule has 0 bridgehead atoms. The minimum Gasteiger partial charge on any atom is -0.397 e. The van der Waals surface area contributed by atoms with Crippen LogP contribution in [0.1, 0.15) is 13.8 Å². The molecule has 2 aromatic rings. The fourth-order valence-electron chi connectivity index (χ4n) is 1.83. The van der Waals surface area contributed by atoms with E-state index < -0.39 is 0 Å². The van der Waals surface area contributed by atoms with Crippen LogP contribution in [-0.4, -0.2) is 24.2 Å². The number of hydrogen-bond donors (Lipinski definition) is 2. The van der Waals surface area contributed by atoms with Crippen molar-refractivity contribution in [3.8, 4) is 0 Å². The average Bonchev–Trinajstić information content (AvgIpc) is 2.35. The van der Waals surface area contributed by atoms with E-state index in [9.17, 15) is 0 Å². The van der Waals surface area contributed by atoms with Gasteiger partial charge in [-0.2, -0.15) is 0 Å². The zero-order chi connectivity index (χ0) is 13.0. The summed E-state index contributed by atoms with van der Waals surface area (Å²) in [4.78, 5) is 4.30. The predicted octanol–water partition coefficient (Wildman–Crippen LogP) is 2.65. The van der Waals surface area contributed by atoms with Gasteiger partial charge in [0.2, 0.25) is 0 Å². The van der Waals surface area contributed by atoms with Crippen LogP contribution >= 0.6 is 0 Å². The Morgan fingerprint density at radius 2 is 2.17 bits per heavy atom. The fourth-order valence-corrected chi connectivity index (χ4v) is 1.83. The Morgan fingerprint density at radius 1 is 1.33 bits per heavy atom. The number of rotatable bonds is 5. The number of pyridine rings is 1. The Kier molecular flexibility index (Phi) is 3.99. The Balaban J connectivity index is 2.11. The third kappa shape index (κ3) is 2.90. The Labute approximate surface area is 107 Å². The maximum atomic E-state index is 5.90. The van der Waals surface area contributed by atoms with Gasteiger partial charge in [0.1, 0.15) is 0 Å². The number of nitrogen functional groups attached to an aromatic ring is 1. The Bertz CT molecular complexity index is 525. The lowest BCUT2D eigenvalue weighted by atomic mass is 10.1. The zero-order valence-corrected chi connectivity index (χ0v) is 10.8. The summed E-state index contributed by atoms with van der Waals surface area (Å²) in [7, 11) is 0. The van der Waals surface area contributed by atoms with Crippen LogP contribution in [-0.2, 0) is 4.74 Å². The SMILES string of the molecule is CC(C)OCCNc1ccnc2c(N)cccc12. The number of nitrogens with one attached hydrogen (secondary N) is 1. The summed E-state index contributed by atoms with van der Waals surface area (Å²) < 4.78 is 5.50. The molecule has 3 N–H and O–H groups in total. The first-order chi connectivity index (χ1) is 8.68. The summed E-state index contributed by atoms with van der Waals surface area (Å²) in [5.41, 5.74) is 8.49. The van der Waals surface area contributed by atoms with Gasteiger partial charge in [-0.15, -0.1) is 0 Å². The van der Waals surface area contributed by atoms with Crippen molar-refractivity contribution in [2.24, 2.45) is 0 Å². The van der Waals surface area contributed by atoms with Gasteiger partial charge in [0.15, 0.2) is 0 Å². The largest absolute Gasteiger partial charge is 0.397 e. The van der Waals surface area contributed by atoms with Gasteiger partial charge < -0.3 is 15.8 Å². The highest BCUT2D eigenvalue weighted by molar-refractivity contribution is 5.97. The monoisotopic (exact) mass is 245 g/mol. The standard InChI is InChI=1S/C14H19N3O/c1-10(2)18-9-8-16-13-6-7-17-14-11(13)4-3-5-12(14)15/h3-7,10H,8-9,15H2,1-2H3,(H,16,17). The lowest BCUT2D eigenvalue weighted by Gasteiger charge is -2.11. The van der Waals surface area contributed by atoms with Crippen molar-refractivity contribution < 1.29 is 4.74 Å². The summed E-state index contributed by atoms with van der Waals surface area (Å²) in [6, 6.07) is 7.78. The molecule has 1 aromatic carbocycles. The molecular formula is C14H19N3O. The van der Waals surface area contributed by atoms with Crippen molar-refractivity contribution in [1.29, 1.82) is 0 Å². The summed E-state index contributed by atoms with van der Waals surface area (Å²) in [5.74, 6) is 0. The van der Waals surface area contributed by atoms with Crippen LogP contribution in [0.3, 0.4) is 0 Å². The van der Waals surface area contributed by atoms with E-state index in [2.05, 4.69) is 10.3 Å². The lowest BCUT2D eigenvalue weighted by Crippen LogP contribution is -2.13. The summed E-state index contributed by atoms with van der Waals surface area (Å²) in [6.45, 7) is 5.51. The molecule has 1 aromatic heterocycles. The highest BCUT2D eigenvalue weighted by atomic mass is 16.5. The highest BCUT2D eigenvalue weighted by Crippen LogP contribution is 2.25. The molecule has 4 heteroatoms. The number of nitrogens with zero attached hydrogens (tertiary/aromatic N) is 1. The van der Waals surface area contributed by atoms with E-state index in [1.54, 1.807) is 6.20 Å². The third-order valence-electron chi connectivity index (χ3n) is 2.67. The molecule has 0 radical (unpaired) electrons. The van der Waals surface area contributed by atoms with Crippen LogP contribution in [0.4, 0.5) is 11.4 Å². The van der Waals surface area contributed by atoms with Gasteiger partial charge in [0.05, 0.1) is 23.9 Å². The molecule has 0 atom stereocenters. The Morgan fingerprint density at radius 3 is 2.94 bits per heavy atom. The lowest BCUT2D eigenvalue weighted by molar-refractivity contribution is 0.0871. The van der Waals surface area contributed by atoms with Crippen molar-refractivity contribution >= 4 is 22.3 Å². The number of fused-ring (bicyclic) bond motifs is 1. The van der Waals surface area contributed by atoms with Crippen molar-refractivity contribution in [3.63, 3.8) is 0 Å². The first-order valence-corrected chi connectivity index (χ1v) is 6.17. The second kappa shape index (κ2) is 5.69. The van der Waals surface area contributed by atoms with Gasteiger partial charge in [-0.3, -0.25) is 4.98 Å². The normalized spacial score (nSPS) is 11.1. The van der Waals surface area contributed by atoms with Crippen molar-refractivity contribution in [2.75, 3.05) is 24.2 Å². The molecule has 0 aliphatic rings. The number of benzene rings is 1. The number of anilines is 2. The van der Waals surface area contributed by atoms with Crippen LogP contribution in [0.5, 0.6) is 0 Å². The summed E-state index contributed by atoms with van der Waals surface area (Å²) in [6.07, 6.45) is 2.03. The first-order valence-electron chi connectivity index (χ1n) is 6.17. The second-order valence-corrected chi connectivity index (χ2v) is 4.45. The van der Waals surface area contributed by atoms with Gasteiger partial charge in [-0.25, -0.2) is 0 Å². The van der Waals surface area contributed by atoms with Crippen LogP contribution in [0.15, 0.2) is 30.5 Å². The summed E-state index contributed by atoms with van der Waals surface area (Å²) >= 11 is 0. The van der Waals surface area contributed by atoms with E-state index in [0.717, 1.165) is 23.1 Å². The number of hydrogen-bond acceptors (Lipinski definition) is 4. The molecule has 0 saturated carbocycles. The number of ether oxygens (including phenoxy) is 1. The fraction of sp³-hybridized carbons (Fsp3) is 0.357. The molecule has 1 heterocycles. The van der Waals surface area contributed by atoms with Crippen molar-refractivity contribution in [3.05, 3.63) is 30.5 Å². The van der Waals surface area contributed by atoms with Gasteiger partial charge in [-0.1, -0.05) is 12.1 Å². The molecule has 4 nitrogen and oxygen atoms in total. The summed E-state index contributed by atoms with van der Waals surface area (Å²) in [5, 5.41) is 4.39. The van der Waals surface area contributed by atoms with E-state index in [4.69, 9.17) is 10.5 Å². The van der Waals surface area contributed by atoms with E-state index in [0.29, 0.717) is 12.3 Å². The molecule has 0 amide bonds. The van der Waals surface area contributed by atoms with Gasteiger partial charge in [-0.05, 0) is 26.0 Å². The molecule has 0 aliphatic heterocycles. The van der Waals surface area contributed by atoms with E-state index in [1.807, 2.05) is 38.1 Å². The van der Waals surface area contributed by atoms with Crippen LogP contribution < -0.4 is 11.1 Å². The van der Waals surface area contributed by atoms with Crippen LogP contribution in [0.25, 0.3) is 10.9 Å². The van der Waals surface area contributed by atoms with Gasteiger partial charge in [0.25, 0.3) is 0 Å². The number of nitrogens with two attached hydrogens (primary N) is 1. The molecule has 18 heavy (non-hydrogen) atoms. The maximum absolute atomic E-state index is 5.90. The molecule has 2 rings (SSSR count). The third-order valence-corrected chi connectivity index (χ3v) is 2.67. The van der Waals surface area contributed by atoms with Crippen LogP contribution in [0, 0.1) is 0 Å². The molecule has 96 valence electrons. The van der Waals surface area contributed by atoms with Gasteiger partial charge >= 0.3 is 0 Å². The highest BCUT2D eigenvalue weighted by Gasteiger charge is 2.03. The predicted molar refractivity (Wildman–Crippen MR) is 75.7 cm³/mol. The molecule has 0 fully saturated rings. The van der Waals surface area contributed by atoms with E-state index in [1.165, 1.54) is 0 Å². The van der Waals surface area contributed by atoms with E-state index >= 15 is 0 Å². The zero-order valence-electron chi connectivity index (χ0n) is 10.8. The minimum atomic E-state index is 0.261. The topological polar surface area (TPSA) is 60.2 Å². The molecule has 0 spiro atoms. The first kappa shape index (κ1) is 12.6. The molecule has 0 aliphatic carbocycles. The van der Waals surface area contributed by atoms with E-state index in [-0.39, 0.29) is 6.10 Å². The number of aromatic nitrogens is 1. The quantitative estimate of drug-likeness (QED) is 0.628. The van der Waals surface area contributed by atoms with Gasteiger partial charge in [0, 0.05) is 23.8 Å². The number of para-hydroxylation sites is 1. The second-order valence-electron chi connectivity index (χ2n) is 4.45. The minimum absolute atomic E-state index is 0.261.